The zero-order valence-corrected chi connectivity index (χ0v) is 4.65. The van der Waals surface area contributed by atoms with E-state index in [0.717, 1.165) is 0 Å². The lowest BCUT2D eigenvalue weighted by atomic mass is 10.3. The van der Waals surface area contributed by atoms with Crippen molar-refractivity contribution >= 4 is 6.29 Å². The summed E-state index contributed by atoms with van der Waals surface area (Å²) in [6, 6.07) is 3.10. The van der Waals surface area contributed by atoms with Crippen molar-refractivity contribution in [2.75, 3.05) is 0 Å². The highest BCUT2D eigenvalue weighted by Crippen LogP contribution is 1.86. The summed E-state index contributed by atoms with van der Waals surface area (Å²) in [5.41, 5.74) is 0.396. The summed E-state index contributed by atoms with van der Waals surface area (Å²) < 4.78 is 0.587. The van der Waals surface area contributed by atoms with E-state index in [1.165, 1.54) is 18.5 Å². The van der Waals surface area contributed by atoms with Crippen LogP contribution in [0.4, 0.5) is 0 Å². The first kappa shape index (κ1) is 5.75. The second kappa shape index (κ2) is 2.26. The van der Waals surface area contributed by atoms with Crippen LogP contribution >= 0.6 is 0 Å². The molecule has 0 aliphatic heterocycles. The van der Waals surface area contributed by atoms with Crippen LogP contribution in [0.5, 0.6) is 0 Å². The second-order valence-corrected chi connectivity index (χ2v) is 1.62. The number of nitrogens with zero attached hydrogens (tertiary/aromatic N) is 1. The van der Waals surface area contributed by atoms with Gasteiger partial charge in [0, 0.05) is 6.07 Å². The number of aldehydes is 1. The molecular weight excluding hydrogens is 118 g/mol. The van der Waals surface area contributed by atoms with E-state index in [9.17, 15) is 10.0 Å². The zero-order chi connectivity index (χ0) is 6.69. The van der Waals surface area contributed by atoms with Crippen molar-refractivity contribution in [1.82, 2.24) is 0 Å². The molecule has 9 heavy (non-hydrogen) atoms. The van der Waals surface area contributed by atoms with E-state index < -0.39 is 0 Å². The van der Waals surface area contributed by atoms with Gasteiger partial charge in [-0.05, 0) is 6.07 Å². The molecule has 3 heteroatoms. The minimum Gasteiger partial charge on any atom is -0.619 e. The summed E-state index contributed by atoms with van der Waals surface area (Å²) >= 11 is 0. The average Bonchev–Trinajstić information content (AvgIpc) is 1.88. The number of hydrogen-bond donors (Lipinski definition) is 0. The normalized spacial score (nSPS) is 8.89. The van der Waals surface area contributed by atoms with Crippen LogP contribution in [0.25, 0.3) is 0 Å². The molecule has 46 valence electrons. The molecule has 0 atom stereocenters. The molecule has 0 aromatic carbocycles. The largest absolute Gasteiger partial charge is 0.619 e. The molecule has 0 N–H and O–H groups in total. The van der Waals surface area contributed by atoms with Gasteiger partial charge in [0.2, 0.25) is 0 Å². The number of rotatable bonds is 1. The van der Waals surface area contributed by atoms with Gasteiger partial charge in [-0.1, -0.05) is 0 Å². The van der Waals surface area contributed by atoms with Gasteiger partial charge in [0.1, 0.15) is 0 Å². The van der Waals surface area contributed by atoms with Crippen LogP contribution in [0.1, 0.15) is 10.4 Å². The van der Waals surface area contributed by atoms with Gasteiger partial charge in [-0.2, -0.15) is 4.73 Å². The molecule has 0 radical (unpaired) electrons. The number of carbonyl (C=O) groups is 1. The number of aromatic nitrogens is 1. The Kier molecular flexibility index (Phi) is 1.44. The van der Waals surface area contributed by atoms with Gasteiger partial charge in [0.25, 0.3) is 0 Å². The van der Waals surface area contributed by atoms with Crippen molar-refractivity contribution < 1.29 is 9.52 Å². The molecule has 0 saturated carbocycles. The fraction of sp³-hybridized carbons (Fsp3) is 0. The quantitative estimate of drug-likeness (QED) is 0.302. The lowest BCUT2D eigenvalue weighted by Crippen LogP contribution is -2.24. The van der Waals surface area contributed by atoms with Crippen LogP contribution in [0.2, 0.25) is 0 Å². The molecule has 0 amide bonds. The van der Waals surface area contributed by atoms with E-state index in [-0.39, 0.29) is 0 Å². The Morgan fingerprint density at radius 2 is 2.44 bits per heavy atom. The molecule has 3 nitrogen and oxygen atoms in total. The molecule has 1 heterocycles. The maximum absolute atomic E-state index is 10.4. The molecule has 0 aliphatic rings. The standard InChI is InChI=1S/C6H5NO2/c8-5-6-2-1-3-7(9)4-6/h1-5H. The minimum absolute atomic E-state index is 0.396. The Hall–Kier alpha value is -1.38. The minimum atomic E-state index is 0.396. The van der Waals surface area contributed by atoms with Crippen LogP contribution in [-0.4, -0.2) is 6.29 Å². The van der Waals surface area contributed by atoms with Crippen LogP contribution in [0, 0.1) is 5.21 Å². The van der Waals surface area contributed by atoms with Gasteiger partial charge in [-0.15, -0.1) is 0 Å². The van der Waals surface area contributed by atoms with E-state index >= 15 is 0 Å². The SMILES string of the molecule is O=Cc1ccc[n+]([O-])c1. The van der Waals surface area contributed by atoms with E-state index in [1.807, 2.05) is 0 Å². The topological polar surface area (TPSA) is 44.0 Å². The second-order valence-electron chi connectivity index (χ2n) is 1.62. The van der Waals surface area contributed by atoms with Gasteiger partial charge in [0.05, 0.1) is 5.56 Å². The summed E-state index contributed by atoms with van der Waals surface area (Å²) in [5, 5.41) is 10.4. The van der Waals surface area contributed by atoms with Gasteiger partial charge in [0.15, 0.2) is 18.7 Å². The predicted molar refractivity (Wildman–Crippen MR) is 30.8 cm³/mol. The summed E-state index contributed by atoms with van der Waals surface area (Å²) in [4.78, 5) is 10.0. The molecular formula is C6H5NO2. The molecule has 0 aliphatic carbocycles. The average molecular weight is 123 g/mol. The highest BCUT2D eigenvalue weighted by molar-refractivity contribution is 5.73. The Morgan fingerprint density at radius 1 is 1.67 bits per heavy atom. The monoisotopic (exact) mass is 123 g/mol. The third kappa shape index (κ3) is 1.25. The molecule has 1 aromatic rings. The summed E-state index contributed by atoms with van der Waals surface area (Å²) in [7, 11) is 0. The maximum atomic E-state index is 10.4. The number of pyridine rings is 1. The van der Waals surface area contributed by atoms with Gasteiger partial charge < -0.3 is 5.21 Å². The fourth-order valence-corrected chi connectivity index (χ4v) is 0.542. The van der Waals surface area contributed by atoms with Crippen LogP contribution in [-0.2, 0) is 0 Å². The van der Waals surface area contributed by atoms with Gasteiger partial charge >= 0.3 is 0 Å². The van der Waals surface area contributed by atoms with E-state index in [0.29, 0.717) is 16.6 Å². The highest BCUT2D eigenvalue weighted by atomic mass is 16.5. The lowest BCUT2D eigenvalue weighted by molar-refractivity contribution is -0.605. The fourth-order valence-electron chi connectivity index (χ4n) is 0.542. The number of carbonyl (C=O) groups excluding carboxylic acids is 1. The predicted octanol–water partition coefficient (Wildman–Crippen LogP) is 0.132. The first-order valence-corrected chi connectivity index (χ1v) is 2.47. The first-order valence-electron chi connectivity index (χ1n) is 2.47. The highest BCUT2D eigenvalue weighted by Gasteiger charge is 1.91. The Morgan fingerprint density at radius 3 is 2.89 bits per heavy atom. The Balaban J connectivity index is 3.07. The van der Waals surface area contributed by atoms with Crippen molar-refractivity contribution in [3.05, 3.63) is 35.3 Å². The van der Waals surface area contributed by atoms with Crippen molar-refractivity contribution in [3.63, 3.8) is 0 Å². The van der Waals surface area contributed by atoms with E-state index in [4.69, 9.17) is 0 Å². The number of hydrogen-bond acceptors (Lipinski definition) is 2. The van der Waals surface area contributed by atoms with E-state index in [2.05, 4.69) is 0 Å². The van der Waals surface area contributed by atoms with E-state index in [1.54, 1.807) is 6.07 Å². The molecule has 0 spiro atoms. The third-order valence-corrected chi connectivity index (χ3v) is 0.934. The van der Waals surface area contributed by atoms with Crippen LogP contribution in [0.15, 0.2) is 24.5 Å². The van der Waals surface area contributed by atoms with Crippen LogP contribution in [0.3, 0.4) is 0 Å². The van der Waals surface area contributed by atoms with Crippen molar-refractivity contribution in [2.45, 2.75) is 0 Å². The molecule has 1 rings (SSSR count). The zero-order valence-electron chi connectivity index (χ0n) is 4.65. The van der Waals surface area contributed by atoms with Crippen molar-refractivity contribution in [2.24, 2.45) is 0 Å². The Labute approximate surface area is 52.1 Å². The van der Waals surface area contributed by atoms with Crippen LogP contribution < -0.4 is 4.73 Å². The smallest absolute Gasteiger partial charge is 0.190 e. The molecule has 0 fully saturated rings. The molecule has 0 bridgehead atoms. The van der Waals surface area contributed by atoms with Gasteiger partial charge in [-0.3, -0.25) is 4.79 Å². The maximum Gasteiger partial charge on any atom is 0.190 e. The molecule has 0 saturated heterocycles. The third-order valence-electron chi connectivity index (χ3n) is 0.934. The first-order chi connectivity index (χ1) is 4.33. The molecule has 1 aromatic heterocycles. The Bertz CT molecular complexity index is 222. The molecule has 0 unspecified atom stereocenters. The summed E-state index contributed by atoms with van der Waals surface area (Å²) in [5.74, 6) is 0. The van der Waals surface area contributed by atoms with Crippen molar-refractivity contribution in [1.29, 1.82) is 0 Å². The van der Waals surface area contributed by atoms with Gasteiger partial charge in [-0.25, -0.2) is 0 Å². The summed E-state index contributed by atoms with van der Waals surface area (Å²) in [6.07, 6.45) is 3.18. The lowest BCUT2D eigenvalue weighted by Gasteiger charge is -1.92. The summed E-state index contributed by atoms with van der Waals surface area (Å²) in [6.45, 7) is 0. The van der Waals surface area contributed by atoms with Crippen molar-refractivity contribution in [3.8, 4) is 0 Å².